The van der Waals surface area contributed by atoms with Gasteiger partial charge < -0.3 is 14.7 Å². The molecule has 2 heterocycles. The second-order valence-electron chi connectivity index (χ2n) is 5.73. The fourth-order valence-corrected chi connectivity index (χ4v) is 3.13. The maximum absolute atomic E-state index is 12.8. The Morgan fingerprint density at radius 3 is 2.55 bits per heavy atom. The van der Waals surface area contributed by atoms with E-state index in [1.165, 1.54) is 0 Å². The molecule has 3 amide bonds. The van der Waals surface area contributed by atoms with Crippen molar-refractivity contribution in [2.24, 2.45) is 0 Å². The van der Waals surface area contributed by atoms with Gasteiger partial charge in [0.2, 0.25) is 18.2 Å². The summed E-state index contributed by atoms with van der Waals surface area (Å²) >= 11 is 0. The van der Waals surface area contributed by atoms with Gasteiger partial charge in [-0.05, 0) is 11.6 Å². The molecular formula is C16H19N3O3. The highest BCUT2D eigenvalue weighted by Crippen LogP contribution is 2.36. The minimum atomic E-state index is -0.414. The van der Waals surface area contributed by atoms with E-state index in [0.29, 0.717) is 26.2 Å². The lowest BCUT2D eigenvalue weighted by molar-refractivity contribution is -0.138. The van der Waals surface area contributed by atoms with Gasteiger partial charge in [0.15, 0.2) is 0 Å². The molecule has 1 atom stereocenters. The molecular weight excluding hydrogens is 282 g/mol. The van der Waals surface area contributed by atoms with Crippen LogP contribution in [0, 0.1) is 0 Å². The molecule has 0 N–H and O–H groups in total. The molecule has 1 aromatic rings. The van der Waals surface area contributed by atoms with Crippen LogP contribution < -0.4 is 4.90 Å². The van der Waals surface area contributed by atoms with Crippen LogP contribution >= 0.6 is 0 Å². The molecule has 2 aliphatic heterocycles. The van der Waals surface area contributed by atoms with E-state index in [4.69, 9.17) is 0 Å². The molecule has 1 fully saturated rings. The van der Waals surface area contributed by atoms with Crippen molar-refractivity contribution < 1.29 is 14.4 Å². The molecule has 0 bridgehead atoms. The first kappa shape index (κ1) is 14.6. The molecule has 0 saturated carbocycles. The molecule has 0 radical (unpaired) electrons. The lowest BCUT2D eigenvalue weighted by Gasteiger charge is -2.37. The van der Waals surface area contributed by atoms with Crippen molar-refractivity contribution in [2.45, 2.75) is 12.3 Å². The molecule has 3 rings (SSSR count). The molecule has 6 nitrogen and oxygen atoms in total. The van der Waals surface area contributed by atoms with E-state index in [1.807, 2.05) is 24.3 Å². The first-order chi connectivity index (χ1) is 10.6. The summed E-state index contributed by atoms with van der Waals surface area (Å²) in [6, 6.07) is 7.56. The summed E-state index contributed by atoms with van der Waals surface area (Å²) in [4.78, 5) is 40.8. The summed E-state index contributed by atoms with van der Waals surface area (Å²) < 4.78 is 0. The van der Waals surface area contributed by atoms with Crippen LogP contribution in [0.3, 0.4) is 0 Å². The number of hydrogen-bond donors (Lipinski definition) is 0. The molecule has 6 heteroatoms. The Kier molecular flexibility index (Phi) is 3.83. The number of fused-ring (bicyclic) bond motifs is 1. The lowest BCUT2D eigenvalue weighted by Crippen LogP contribution is -2.50. The summed E-state index contributed by atoms with van der Waals surface area (Å²) in [5.41, 5.74) is 1.72. The minimum absolute atomic E-state index is 0.0144. The maximum atomic E-state index is 12.8. The van der Waals surface area contributed by atoms with Gasteiger partial charge in [-0.3, -0.25) is 14.4 Å². The second-order valence-corrected chi connectivity index (χ2v) is 5.73. The van der Waals surface area contributed by atoms with Crippen LogP contribution in [0.4, 0.5) is 5.69 Å². The Labute approximate surface area is 129 Å². The summed E-state index contributed by atoms with van der Waals surface area (Å²) in [7, 11) is 1.74. The fourth-order valence-electron chi connectivity index (χ4n) is 3.13. The van der Waals surface area contributed by atoms with Crippen molar-refractivity contribution in [1.82, 2.24) is 9.80 Å². The number of carbonyl (C=O) groups is 3. The molecule has 1 saturated heterocycles. The fraction of sp³-hybridized carbons (Fsp3) is 0.438. The van der Waals surface area contributed by atoms with E-state index in [-0.39, 0.29) is 18.2 Å². The molecule has 0 spiro atoms. The number of rotatable bonds is 2. The van der Waals surface area contributed by atoms with Crippen LogP contribution in [0.5, 0.6) is 0 Å². The summed E-state index contributed by atoms with van der Waals surface area (Å²) in [6.07, 6.45) is 1.02. The topological polar surface area (TPSA) is 60.9 Å². The van der Waals surface area contributed by atoms with Crippen LogP contribution in [0.2, 0.25) is 0 Å². The van der Waals surface area contributed by atoms with Gasteiger partial charge in [-0.25, -0.2) is 0 Å². The first-order valence-corrected chi connectivity index (χ1v) is 7.45. The number of hydrogen-bond acceptors (Lipinski definition) is 3. The SMILES string of the molecule is CN1C(=O)CC(C(=O)N2CCN(C=O)CC2)c2ccccc21. The third-order valence-electron chi connectivity index (χ3n) is 4.50. The van der Waals surface area contributed by atoms with Crippen LogP contribution in [0.1, 0.15) is 17.9 Å². The quantitative estimate of drug-likeness (QED) is 0.745. The number of anilines is 1. The molecule has 116 valence electrons. The minimum Gasteiger partial charge on any atom is -0.342 e. The van der Waals surface area contributed by atoms with Crippen LogP contribution in [-0.4, -0.2) is 61.3 Å². The standard InChI is InChI=1S/C16H19N3O3/c1-17-14-5-3-2-4-12(14)13(10-15(17)21)16(22)19-8-6-18(11-20)7-9-19/h2-5,11,13H,6-10H2,1H3. The highest BCUT2D eigenvalue weighted by Gasteiger charge is 2.36. The van der Waals surface area contributed by atoms with Crippen molar-refractivity contribution in [3.63, 3.8) is 0 Å². The summed E-state index contributed by atoms with van der Waals surface area (Å²) in [6.45, 7) is 2.16. The highest BCUT2D eigenvalue weighted by atomic mass is 16.2. The van der Waals surface area contributed by atoms with E-state index in [1.54, 1.807) is 21.7 Å². The van der Waals surface area contributed by atoms with Crippen LogP contribution in [0.15, 0.2) is 24.3 Å². The number of piperazine rings is 1. The Bertz CT molecular complexity index is 608. The normalized spacial score (nSPS) is 21.6. The molecule has 0 aromatic heterocycles. The smallest absolute Gasteiger partial charge is 0.230 e. The van der Waals surface area contributed by atoms with E-state index < -0.39 is 5.92 Å². The summed E-state index contributed by atoms with van der Waals surface area (Å²) in [5.74, 6) is -0.467. The van der Waals surface area contributed by atoms with Gasteiger partial charge >= 0.3 is 0 Å². The van der Waals surface area contributed by atoms with Crippen molar-refractivity contribution in [1.29, 1.82) is 0 Å². The molecule has 1 unspecified atom stereocenters. The molecule has 22 heavy (non-hydrogen) atoms. The second kappa shape index (κ2) is 5.79. The molecule has 2 aliphatic rings. The van der Waals surface area contributed by atoms with Gasteiger partial charge in [0.1, 0.15) is 0 Å². The van der Waals surface area contributed by atoms with Gasteiger partial charge in [-0.15, -0.1) is 0 Å². The van der Waals surface area contributed by atoms with Crippen LogP contribution in [0.25, 0.3) is 0 Å². The van der Waals surface area contributed by atoms with Gasteiger partial charge in [-0.2, -0.15) is 0 Å². The average Bonchev–Trinajstić information content (AvgIpc) is 2.57. The number of carbonyl (C=O) groups excluding carboxylic acids is 3. The number of benzene rings is 1. The number of para-hydroxylation sites is 1. The number of amides is 3. The zero-order chi connectivity index (χ0) is 15.7. The van der Waals surface area contributed by atoms with Crippen molar-refractivity contribution in [2.75, 3.05) is 38.1 Å². The third-order valence-corrected chi connectivity index (χ3v) is 4.50. The van der Waals surface area contributed by atoms with Gasteiger partial charge in [0, 0.05) is 45.3 Å². The van der Waals surface area contributed by atoms with E-state index in [0.717, 1.165) is 17.7 Å². The van der Waals surface area contributed by atoms with Gasteiger partial charge in [0.25, 0.3) is 0 Å². The number of nitrogens with zero attached hydrogens (tertiary/aromatic N) is 3. The van der Waals surface area contributed by atoms with Crippen molar-refractivity contribution >= 4 is 23.9 Å². The summed E-state index contributed by atoms with van der Waals surface area (Å²) in [5, 5.41) is 0. The van der Waals surface area contributed by atoms with E-state index >= 15 is 0 Å². The predicted octanol–water partition coefficient (Wildman–Crippen LogP) is 0.437. The largest absolute Gasteiger partial charge is 0.342 e. The zero-order valence-corrected chi connectivity index (χ0v) is 12.6. The molecule has 1 aromatic carbocycles. The van der Waals surface area contributed by atoms with E-state index in [9.17, 15) is 14.4 Å². The third kappa shape index (κ3) is 2.45. The Hall–Kier alpha value is -2.37. The molecule has 0 aliphatic carbocycles. The predicted molar refractivity (Wildman–Crippen MR) is 81.4 cm³/mol. The van der Waals surface area contributed by atoms with E-state index in [2.05, 4.69) is 0 Å². The zero-order valence-electron chi connectivity index (χ0n) is 12.6. The van der Waals surface area contributed by atoms with Crippen LogP contribution in [-0.2, 0) is 14.4 Å². The van der Waals surface area contributed by atoms with Gasteiger partial charge in [0.05, 0.1) is 5.92 Å². The Morgan fingerprint density at radius 1 is 1.18 bits per heavy atom. The maximum Gasteiger partial charge on any atom is 0.230 e. The Morgan fingerprint density at radius 2 is 1.86 bits per heavy atom. The van der Waals surface area contributed by atoms with Crippen molar-refractivity contribution in [3.8, 4) is 0 Å². The lowest BCUT2D eigenvalue weighted by atomic mass is 9.88. The highest BCUT2D eigenvalue weighted by molar-refractivity contribution is 6.02. The van der Waals surface area contributed by atoms with Crippen molar-refractivity contribution in [3.05, 3.63) is 29.8 Å². The Balaban J connectivity index is 1.83. The first-order valence-electron chi connectivity index (χ1n) is 7.45. The monoisotopic (exact) mass is 301 g/mol. The van der Waals surface area contributed by atoms with Gasteiger partial charge in [-0.1, -0.05) is 18.2 Å². The average molecular weight is 301 g/mol.